The third kappa shape index (κ3) is 13.8. The summed E-state index contributed by atoms with van der Waals surface area (Å²) in [6.45, 7) is 5.27. The zero-order valence-electron chi connectivity index (χ0n) is 9.50. The molecule has 0 spiro atoms. The molecule has 0 rings (SSSR count). The van der Waals surface area contributed by atoms with Gasteiger partial charge in [-0.05, 0) is 6.42 Å². The molecule has 4 N–H and O–H groups in total. The van der Waals surface area contributed by atoms with Crippen LogP contribution in [0.1, 0.15) is 12.8 Å². The average molecular weight is 220 g/mol. The maximum Gasteiger partial charge on any atom is 0.0762 e. The van der Waals surface area contributed by atoms with Crippen LogP contribution in [0.3, 0.4) is 0 Å². The van der Waals surface area contributed by atoms with Crippen molar-refractivity contribution in [2.24, 2.45) is 0 Å². The molecule has 0 aromatic carbocycles. The first-order chi connectivity index (χ1) is 7.41. The zero-order chi connectivity index (χ0) is 11.2. The van der Waals surface area contributed by atoms with Crippen molar-refractivity contribution < 1.29 is 19.9 Å². The highest BCUT2D eigenvalue weighted by atomic mass is 16.5. The highest BCUT2D eigenvalue weighted by Gasteiger charge is 1.91. The number of quaternary nitrogens is 1. The largest absolute Gasteiger partial charge is 0.677 e. The van der Waals surface area contributed by atoms with E-state index in [1.54, 1.807) is 0 Å². The molecule has 0 aromatic rings. The summed E-state index contributed by atoms with van der Waals surface area (Å²) in [5, 5.41) is 0. The number of rotatable bonds is 12. The molecule has 0 aliphatic heterocycles. The maximum atomic E-state index is 6.90. The van der Waals surface area contributed by atoms with Crippen LogP contribution in [0.2, 0.25) is 0 Å². The molecule has 0 saturated heterocycles. The Balaban J connectivity index is 2.81. The summed E-state index contributed by atoms with van der Waals surface area (Å²) in [5.74, 6) is 0. The van der Waals surface area contributed by atoms with Gasteiger partial charge in [0.05, 0.1) is 39.6 Å². The number of hydrogen-bond donors (Lipinski definition) is 1. The number of nitrogens with one attached hydrogen (secondary N) is 1. The smallest absolute Gasteiger partial charge is 0.0762 e. The molecule has 0 aromatic heterocycles. The topological polar surface area (TPSA) is 79.1 Å². The second kappa shape index (κ2) is 13.8. The number of hydrogen-bond acceptors (Lipinski definition) is 3. The third-order valence-electron chi connectivity index (χ3n) is 1.75. The Bertz CT molecular complexity index is 103. The van der Waals surface area contributed by atoms with Crippen LogP contribution in [0.15, 0.2) is 0 Å². The summed E-state index contributed by atoms with van der Waals surface area (Å²) in [6.07, 6.45) is 1.81. The molecule has 92 valence electrons. The lowest BCUT2D eigenvalue weighted by Gasteiger charge is -2.06. The normalized spacial score (nSPS) is 10.8. The van der Waals surface area contributed by atoms with E-state index < -0.39 is 0 Å². The first kappa shape index (κ1) is 14.8. The first-order valence-electron chi connectivity index (χ1n) is 5.59. The molecule has 0 atom stereocenters. The van der Waals surface area contributed by atoms with Gasteiger partial charge in [0.2, 0.25) is 0 Å². The summed E-state index contributed by atoms with van der Waals surface area (Å²) in [7, 11) is 0. The molecule has 0 radical (unpaired) electrons. The van der Waals surface area contributed by atoms with Gasteiger partial charge in [0.15, 0.2) is 0 Å². The molecule has 0 amide bonds. The highest BCUT2D eigenvalue weighted by molar-refractivity contribution is 4.48. The van der Waals surface area contributed by atoms with E-state index in [2.05, 4.69) is 5.73 Å². The zero-order valence-corrected chi connectivity index (χ0v) is 9.50. The number of ether oxygens (including phenoxy) is 3. The predicted molar refractivity (Wildman–Crippen MR) is 58.6 cm³/mol. The van der Waals surface area contributed by atoms with Crippen molar-refractivity contribution in [2.75, 3.05) is 52.7 Å². The third-order valence-corrected chi connectivity index (χ3v) is 1.75. The molecule has 0 aliphatic rings. The summed E-state index contributed by atoms with van der Waals surface area (Å²) in [5.41, 5.74) is 10.6. The van der Waals surface area contributed by atoms with Crippen LogP contribution in [-0.4, -0.2) is 52.7 Å². The van der Waals surface area contributed by atoms with Crippen molar-refractivity contribution in [1.82, 2.24) is 0 Å². The Labute approximate surface area is 92.0 Å². The summed E-state index contributed by atoms with van der Waals surface area (Å²) >= 11 is 0. The van der Waals surface area contributed by atoms with E-state index in [0.29, 0.717) is 39.6 Å². The van der Waals surface area contributed by atoms with E-state index >= 15 is 0 Å². The van der Waals surface area contributed by atoms with E-state index in [9.17, 15) is 0 Å². The van der Waals surface area contributed by atoms with Crippen molar-refractivity contribution in [2.45, 2.75) is 12.8 Å². The van der Waals surface area contributed by atoms with Crippen LogP contribution < -0.4 is 5.73 Å². The van der Waals surface area contributed by atoms with E-state index in [4.69, 9.17) is 19.9 Å². The van der Waals surface area contributed by atoms with Gasteiger partial charge in [-0.25, -0.2) is 0 Å². The van der Waals surface area contributed by atoms with Crippen LogP contribution in [0.25, 0.3) is 5.73 Å². The van der Waals surface area contributed by atoms with E-state index in [-0.39, 0.29) is 0 Å². The molecule has 0 aliphatic carbocycles. The summed E-state index contributed by atoms with van der Waals surface area (Å²) in [4.78, 5) is 0. The Morgan fingerprint density at radius 3 is 1.67 bits per heavy atom. The Kier molecular flexibility index (Phi) is 13.6. The van der Waals surface area contributed by atoms with Gasteiger partial charge in [0.25, 0.3) is 0 Å². The van der Waals surface area contributed by atoms with Gasteiger partial charge < -0.3 is 25.7 Å². The van der Waals surface area contributed by atoms with Crippen molar-refractivity contribution >= 4 is 0 Å². The van der Waals surface area contributed by atoms with Crippen LogP contribution in [0.5, 0.6) is 0 Å². The van der Waals surface area contributed by atoms with Gasteiger partial charge in [-0.15, -0.1) is 6.54 Å². The summed E-state index contributed by atoms with van der Waals surface area (Å²) in [6, 6.07) is 0. The minimum Gasteiger partial charge on any atom is -0.677 e. The van der Waals surface area contributed by atoms with Crippen molar-refractivity contribution in [1.29, 1.82) is 0 Å². The van der Waals surface area contributed by atoms with Crippen LogP contribution in [-0.2, 0) is 14.2 Å². The SMILES string of the molecule is [NH-]CCCOCCOCCOCCC[NH3+]. The lowest BCUT2D eigenvalue weighted by atomic mass is 10.5. The van der Waals surface area contributed by atoms with Gasteiger partial charge in [-0.1, -0.05) is 0 Å². The van der Waals surface area contributed by atoms with Crippen LogP contribution in [0, 0.1) is 0 Å². The molecule has 5 heteroatoms. The minimum atomic E-state index is 0.432. The minimum absolute atomic E-state index is 0.432. The molecular weight excluding hydrogens is 196 g/mol. The fraction of sp³-hybridized carbons (Fsp3) is 1.00. The quantitative estimate of drug-likeness (QED) is 0.474. The molecule has 0 bridgehead atoms. The molecule has 0 fully saturated rings. The van der Waals surface area contributed by atoms with Gasteiger partial charge >= 0.3 is 0 Å². The van der Waals surface area contributed by atoms with E-state index in [0.717, 1.165) is 26.0 Å². The molecule has 0 saturated carbocycles. The van der Waals surface area contributed by atoms with Gasteiger partial charge in [-0.3, -0.25) is 0 Å². The highest BCUT2D eigenvalue weighted by Crippen LogP contribution is 1.85. The monoisotopic (exact) mass is 220 g/mol. The van der Waals surface area contributed by atoms with Crippen molar-refractivity contribution in [3.8, 4) is 0 Å². The Hall–Kier alpha value is -0.200. The maximum absolute atomic E-state index is 6.90. The second-order valence-corrected chi connectivity index (χ2v) is 3.15. The second-order valence-electron chi connectivity index (χ2n) is 3.15. The standard InChI is InChI=1S/C10H23N2O3/c11-3-1-5-13-7-9-15-10-8-14-6-2-4-12/h11H,1-10,12H2/q-1/p+1. The Morgan fingerprint density at radius 1 is 0.733 bits per heavy atom. The van der Waals surface area contributed by atoms with E-state index in [1.807, 2.05) is 0 Å². The fourth-order valence-corrected chi connectivity index (χ4v) is 0.920. The molecule has 15 heavy (non-hydrogen) atoms. The molecule has 5 nitrogen and oxygen atoms in total. The molecule has 0 heterocycles. The van der Waals surface area contributed by atoms with Gasteiger partial charge in [0, 0.05) is 13.0 Å². The van der Waals surface area contributed by atoms with Gasteiger partial charge in [0.1, 0.15) is 0 Å². The Morgan fingerprint density at radius 2 is 1.20 bits per heavy atom. The average Bonchev–Trinajstić information content (AvgIpc) is 2.26. The first-order valence-corrected chi connectivity index (χ1v) is 5.59. The van der Waals surface area contributed by atoms with Crippen LogP contribution in [0.4, 0.5) is 0 Å². The lowest BCUT2D eigenvalue weighted by Crippen LogP contribution is -2.50. The van der Waals surface area contributed by atoms with Crippen molar-refractivity contribution in [3.05, 3.63) is 5.73 Å². The molecular formula is C10H24N2O3. The lowest BCUT2D eigenvalue weighted by molar-refractivity contribution is -0.369. The molecule has 0 unspecified atom stereocenters. The predicted octanol–water partition coefficient (Wildman–Crippen LogP) is 0.111. The summed E-state index contributed by atoms with van der Waals surface area (Å²) < 4.78 is 15.8. The van der Waals surface area contributed by atoms with Crippen LogP contribution >= 0.6 is 0 Å². The van der Waals surface area contributed by atoms with E-state index in [1.165, 1.54) is 0 Å². The van der Waals surface area contributed by atoms with Crippen molar-refractivity contribution in [3.63, 3.8) is 0 Å². The van der Waals surface area contributed by atoms with Gasteiger partial charge in [-0.2, -0.15) is 0 Å². The fourth-order valence-electron chi connectivity index (χ4n) is 0.920.